The van der Waals surface area contributed by atoms with E-state index in [9.17, 15) is 4.79 Å². The number of halogens is 2. The number of carbonyl (C=O) groups is 1. The topological polar surface area (TPSA) is 52.1 Å². The Balaban J connectivity index is 2.20. The van der Waals surface area contributed by atoms with E-state index in [1.165, 1.54) is 11.3 Å². The Bertz CT molecular complexity index is 1040. The highest BCUT2D eigenvalue weighted by Gasteiger charge is 2.28. The first kappa shape index (κ1) is 17.1. The molecule has 0 N–H and O–H groups in total. The van der Waals surface area contributed by atoms with Crippen LogP contribution in [0, 0.1) is 0 Å². The molecule has 1 aromatic carbocycles. The summed E-state index contributed by atoms with van der Waals surface area (Å²) < 4.78 is 13.8. The van der Waals surface area contributed by atoms with Gasteiger partial charge in [-0.15, -0.1) is 22.7 Å². The molecular weight excluding hydrogens is 419 g/mol. The zero-order valence-corrected chi connectivity index (χ0v) is 16.3. The normalized spacial score (nSPS) is 11.3. The van der Waals surface area contributed by atoms with Gasteiger partial charge >= 0.3 is 0 Å². The Labute approximate surface area is 165 Å². The molecule has 0 fully saturated rings. The molecule has 0 saturated carbocycles. The number of rotatable bonds is 5. The van der Waals surface area contributed by atoms with Crippen molar-refractivity contribution in [2.45, 2.75) is 6.61 Å². The van der Waals surface area contributed by atoms with Gasteiger partial charge in [0.05, 0.1) is 35.8 Å². The van der Waals surface area contributed by atoms with Gasteiger partial charge in [0.15, 0.2) is 0 Å². The molecule has 0 aliphatic rings. The molecule has 3 heterocycles. The summed E-state index contributed by atoms with van der Waals surface area (Å²) in [6.45, 7) is 0.0361. The van der Waals surface area contributed by atoms with Crippen LogP contribution in [0.5, 0.6) is 0 Å². The highest BCUT2D eigenvalue weighted by molar-refractivity contribution is 7.14. The van der Waals surface area contributed by atoms with Gasteiger partial charge in [-0.1, -0.05) is 12.1 Å². The van der Waals surface area contributed by atoms with Gasteiger partial charge in [-0.3, -0.25) is 9.08 Å². The monoisotopic (exact) mass is 426 g/mol. The summed E-state index contributed by atoms with van der Waals surface area (Å²) in [6.07, 6.45) is 0. The van der Waals surface area contributed by atoms with Crippen molar-refractivity contribution in [1.82, 2.24) is 8.75 Å². The molecule has 0 saturated heterocycles. The zero-order chi connectivity index (χ0) is 17.4. The van der Waals surface area contributed by atoms with Crippen LogP contribution in [0.4, 0.5) is 0 Å². The number of thiophene rings is 2. The van der Waals surface area contributed by atoms with Gasteiger partial charge in [-0.2, -0.15) is 8.75 Å². The molecule has 4 nitrogen and oxygen atoms in total. The number of nitrogens with zero attached hydrogens (tertiary/aromatic N) is 2. The first-order valence-corrected chi connectivity index (χ1v) is 10.2. The highest BCUT2D eigenvalue weighted by Crippen LogP contribution is 2.44. The van der Waals surface area contributed by atoms with Gasteiger partial charge in [0, 0.05) is 26.4 Å². The fourth-order valence-corrected chi connectivity index (χ4v) is 5.27. The van der Waals surface area contributed by atoms with E-state index in [1.54, 1.807) is 11.3 Å². The third kappa shape index (κ3) is 2.91. The van der Waals surface area contributed by atoms with Crippen molar-refractivity contribution >= 4 is 74.1 Å². The van der Waals surface area contributed by atoms with Crippen molar-refractivity contribution in [2.24, 2.45) is 0 Å². The quantitative estimate of drug-likeness (QED) is 0.356. The Hall–Kier alpha value is -1.35. The largest absolute Gasteiger partial charge is 0.276 e. The third-order valence-electron chi connectivity index (χ3n) is 3.75. The Morgan fingerprint density at radius 1 is 1.04 bits per heavy atom. The number of aromatic nitrogens is 2. The van der Waals surface area contributed by atoms with E-state index in [4.69, 9.17) is 27.8 Å². The molecule has 25 heavy (non-hydrogen) atoms. The number of hydrogen-bond acceptors (Lipinski definition) is 7. The maximum atomic E-state index is 12.4. The van der Waals surface area contributed by atoms with Gasteiger partial charge in [0.2, 0.25) is 0 Å². The lowest BCUT2D eigenvalue weighted by atomic mass is 9.93. The maximum Gasteiger partial charge on any atom is 0.253 e. The summed E-state index contributed by atoms with van der Waals surface area (Å²) >= 11 is 15.7. The van der Waals surface area contributed by atoms with Crippen molar-refractivity contribution < 1.29 is 9.08 Å². The average Bonchev–Trinajstić information content (AvgIpc) is 3.35. The van der Waals surface area contributed by atoms with Gasteiger partial charge in [0.1, 0.15) is 11.0 Å². The second-order valence-electron chi connectivity index (χ2n) is 5.05. The summed E-state index contributed by atoms with van der Waals surface area (Å²) in [5.41, 5.74) is 3.86. The summed E-state index contributed by atoms with van der Waals surface area (Å²) in [7, 11) is 0. The van der Waals surface area contributed by atoms with E-state index >= 15 is 0 Å². The lowest BCUT2D eigenvalue weighted by Crippen LogP contribution is -2.05. The third-order valence-corrected chi connectivity index (χ3v) is 6.35. The minimum absolute atomic E-state index is 0.0361. The molecule has 0 unspecified atom stereocenters. The summed E-state index contributed by atoms with van der Waals surface area (Å²) in [6, 6.07) is 7.74. The average molecular weight is 427 g/mol. The summed E-state index contributed by atoms with van der Waals surface area (Å²) in [5, 5.41) is 3.33. The summed E-state index contributed by atoms with van der Waals surface area (Å²) in [5.74, 6) is 0. The molecule has 0 spiro atoms. The van der Waals surface area contributed by atoms with Crippen LogP contribution in [0.1, 0.15) is 15.9 Å². The van der Waals surface area contributed by atoms with Crippen LogP contribution < -0.4 is 0 Å². The van der Waals surface area contributed by atoms with Crippen LogP contribution in [-0.4, -0.2) is 14.0 Å². The molecule has 0 aliphatic heterocycles. The van der Waals surface area contributed by atoms with Crippen LogP contribution in [0.25, 0.3) is 31.9 Å². The van der Waals surface area contributed by atoms with Crippen molar-refractivity contribution in [2.75, 3.05) is 0 Å². The minimum Gasteiger partial charge on any atom is -0.276 e. The van der Waals surface area contributed by atoms with Crippen molar-refractivity contribution in [3.63, 3.8) is 0 Å². The van der Waals surface area contributed by atoms with Gasteiger partial charge in [0.25, 0.3) is 5.24 Å². The van der Waals surface area contributed by atoms with Crippen LogP contribution in [-0.2, 0) is 10.9 Å². The van der Waals surface area contributed by atoms with Crippen LogP contribution >= 0.6 is 57.9 Å². The van der Waals surface area contributed by atoms with E-state index in [-0.39, 0.29) is 6.61 Å². The summed E-state index contributed by atoms with van der Waals surface area (Å²) in [4.78, 5) is 14.2. The molecule has 126 valence electrons. The standard InChI is InChI=1S/C16H8Cl2N2O2S3/c17-16(21)12-8(7-22-18)11(9-3-1-5-23-9)14-15(20-25-19-14)13(12)10-4-2-6-24-10/h1-6H,7H2. The van der Waals surface area contributed by atoms with E-state index in [0.29, 0.717) is 22.2 Å². The predicted molar refractivity (Wildman–Crippen MR) is 105 cm³/mol. The van der Waals surface area contributed by atoms with E-state index in [1.807, 2.05) is 35.0 Å². The van der Waals surface area contributed by atoms with E-state index in [2.05, 4.69) is 8.75 Å². The molecule has 4 aromatic rings. The molecule has 3 aromatic heterocycles. The first-order valence-electron chi connectivity index (χ1n) is 7.04. The SMILES string of the molecule is O=C(Cl)c1c(COCl)c(-c2cccs2)c2nsnc2c1-c1cccs1. The van der Waals surface area contributed by atoms with E-state index in [0.717, 1.165) is 32.6 Å². The number of fused-ring (bicyclic) bond motifs is 1. The maximum absolute atomic E-state index is 12.4. The fourth-order valence-electron chi connectivity index (χ4n) is 2.82. The van der Waals surface area contributed by atoms with Crippen LogP contribution in [0.2, 0.25) is 0 Å². The van der Waals surface area contributed by atoms with Crippen molar-refractivity contribution in [1.29, 1.82) is 0 Å². The molecule has 0 bridgehead atoms. The number of benzene rings is 1. The predicted octanol–water partition coefficient (Wildman–Crippen LogP) is 6.20. The van der Waals surface area contributed by atoms with Crippen LogP contribution in [0.15, 0.2) is 35.0 Å². The second-order valence-corrected chi connectivity index (χ2v) is 8.03. The second kappa shape index (κ2) is 7.11. The lowest BCUT2D eigenvalue weighted by molar-refractivity contribution is 0.108. The molecule has 0 atom stereocenters. The molecule has 4 rings (SSSR count). The molecular formula is C16H8Cl2N2O2S3. The molecule has 0 amide bonds. The highest BCUT2D eigenvalue weighted by atomic mass is 35.5. The van der Waals surface area contributed by atoms with Gasteiger partial charge in [-0.25, -0.2) is 0 Å². The van der Waals surface area contributed by atoms with E-state index < -0.39 is 5.24 Å². The molecule has 0 aliphatic carbocycles. The minimum atomic E-state index is -0.570. The fraction of sp³-hybridized carbons (Fsp3) is 0.0625. The molecule has 0 radical (unpaired) electrons. The lowest BCUT2D eigenvalue weighted by Gasteiger charge is -2.15. The van der Waals surface area contributed by atoms with Crippen molar-refractivity contribution in [3.05, 3.63) is 46.2 Å². The molecule has 9 heteroatoms. The number of hydrogen-bond donors (Lipinski definition) is 0. The number of carbonyl (C=O) groups excluding carboxylic acids is 1. The smallest absolute Gasteiger partial charge is 0.253 e. The van der Waals surface area contributed by atoms with Gasteiger partial charge < -0.3 is 0 Å². The van der Waals surface area contributed by atoms with Crippen molar-refractivity contribution in [3.8, 4) is 20.9 Å². The zero-order valence-electron chi connectivity index (χ0n) is 12.4. The van der Waals surface area contributed by atoms with Gasteiger partial charge in [-0.05, 0) is 34.5 Å². The van der Waals surface area contributed by atoms with Crippen LogP contribution in [0.3, 0.4) is 0 Å². The first-order chi connectivity index (χ1) is 12.2. The Morgan fingerprint density at radius 3 is 2.16 bits per heavy atom. The Kier molecular flexibility index (Phi) is 4.86. The Morgan fingerprint density at radius 2 is 1.64 bits per heavy atom.